The Kier molecular flexibility index (Phi) is 4.82. The van der Waals surface area contributed by atoms with Crippen LogP contribution in [0.4, 0.5) is 0 Å². The number of benzene rings is 1. The molecule has 2 saturated heterocycles. The first-order chi connectivity index (χ1) is 11.8. The zero-order valence-corrected chi connectivity index (χ0v) is 14.0. The Labute approximate surface area is 142 Å². The van der Waals surface area contributed by atoms with Crippen LogP contribution in [0.3, 0.4) is 0 Å². The maximum atomic E-state index is 6.05. The highest BCUT2D eigenvalue weighted by Crippen LogP contribution is 2.30. The Morgan fingerprint density at radius 2 is 2.12 bits per heavy atom. The molecule has 0 amide bonds. The smallest absolute Gasteiger partial charge is 0.134 e. The molecule has 3 heterocycles. The highest BCUT2D eigenvalue weighted by Gasteiger charge is 2.32. The SMILES string of the molecule is CN(CC1COCCO1)CC1CNNC1c1cc2ccccc2o1. The van der Waals surface area contributed by atoms with Gasteiger partial charge in [-0.3, -0.25) is 5.43 Å². The molecule has 0 bridgehead atoms. The van der Waals surface area contributed by atoms with Gasteiger partial charge < -0.3 is 18.8 Å². The Bertz CT molecular complexity index is 635. The van der Waals surface area contributed by atoms with Crippen molar-refractivity contribution < 1.29 is 13.9 Å². The third-order valence-corrected chi connectivity index (χ3v) is 4.79. The summed E-state index contributed by atoms with van der Waals surface area (Å²) in [5.41, 5.74) is 7.59. The van der Waals surface area contributed by atoms with Crippen LogP contribution in [-0.2, 0) is 9.47 Å². The standard InChI is InChI=1S/C18H25N3O3/c1-21(11-15-12-22-6-7-23-15)10-14-9-19-20-18(14)17-8-13-4-2-3-5-16(13)24-17/h2-5,8,14-15,18-20H,6-7,9-12H2,1H3. The van der Waals surface area contributed by atoms with Gasteiger partial charge in [0.05, 0.1) is 32.0 Å². The lowest BCUT2D eigenvalue weighted by molar-refractivity contribution is -0.0964. The molecule has 0 saturated carbocycles. The fourth-order valence-electron chi connectivity index (χ4n) is 3.63. The van der Waals surface area contributed by atoms with E-state index in [1.165, 1.54) is 0 Å². The molecule has 6 heteroatoms. The lowest BCUT2D eigenvalue weighted by Crippen LogP contribution is -2.40. The maximum Gasteiger partial charge on any atom is 0.134 e. The Morgan fingerprint density at radius 3 is 2.96 bits per heavy atom. The van der Waals surface area contributed by atoms with Gasteiger partial charge in [0.2, 0.25) is 0 Å². The van der Waals surface area contributed by atoms with Crippen LogP contribution in [0, 0.1) is 5.92 Å². The Balaban J connectivity index is 1.40. The van der Waals surface area contributed by atoms with Crippen LogP contribution in [0.5, 0.6) is 0 Å². The summed E-state index contributed by atoms with van der Waals surface area (Å²) >= 11 is 0. The molecule has 2 N–H and O–H groups in total. The van der Waals surface area contributed by atoms with Crippen molar-refractivity contribution >= 4 is 11.0 Å². The minimum absolute atomic E-state index is 0.177. The van der Waals surface area contributed by atoms with Crippen LogP contribution in [0.15, 0.2) is 34.7 Å². The summed E-state index contributed by atoms with van der Waals surface area (Å²) in [7, 11) is 2.14. The summed E-state index contributed by atoms with van der Waals surface area (Å²) in [5, 5.41) is 1.15. The van der Waals surface area contributed by atoms with E-state index in [2.05, 4.69) is 34.9 Å². The van der Waals surface area contributed by atoms with Crippen molar-refractivity contribution in [2.24, 2.45) is 5.92 Å². The van der Waals surface area contributed by atoms with Gasteiger partial charge in [0.25, 0.3) is 0 Å². The molecule has 0 radical (unpaired) electrons. The van der Waals surface area contributed by atoms with Gasteiger partial charge in [-0.05, 0) is 19.2 Å². The molecule has 0 aliphatic carbocycles. The molecule has 3 unspecified atom stereocenters. The third kappa shape index (κ3) is 3.48. The second-order valence-electron chi connectivity index (χ2n) is 6.74. The van der Waals surface area contributed by atoms with Crippen molar-refractivity contribution in [2.75, 3.05) is 46.5 Å². The van der Waals surface area contributed by atoms with Gasteiger partial charge in [-0.15, -0.1) is 0 Å². The lowest BCUT2D eigenvalue weighted by atomic mass is 9.99. The molecule has 2 aliphatic heterocycles. The van der Waals surface area contributed by atoms with E-state index in [9.17, 15) is 0 Å². The second kappa shape index (κ2) is 7.21. The molecule has 2 aliphatic rings. The molecule has 4 rings (SSSR count). The monoisotopic (exact) mass is 331 g/mol. The fourth-order valence-corrected chi connectivity index (χ4v) is 3.63. The van der Waals surface area contributed by atoms with E-state index in [0.29, 0.717) is 25.7 Å². The first kappa shape index (κ1) is 16.1. The predicted molar refractivity (Wildman–Crippen MR) is 91.6 cm³/mol. The summed E-state index contributed by atoms with van der Waals surface area (Å²) in [5.74, 6) is 1.44. The lowest BCUT2D eigenvalue weighted by Gasteiger charge is -2.29. The van der Waals surface area contributed by atoms with Crippen LogP contribution in [0.2, 0.25) is 0 Å². The normalized spacial score (nSPS) is 28.0. The fraction of sp³-hybridized carbons (Fsp3) is 0.556. The van der Waals surface area contributed by atoms with Crippen LogP contribution in [0.1, 0.15) is 11.8 Å². The number of para-hydroxylation sites is 1. The van der Waals surface area contributed by atoms with Gasteiger partial charge in [0.15, 0.2) is 0 Å². The van der Waals surface area contributed by atoms with E-state index in [-0.39, 0.29) is 12.1 Å². The zero-order valence-electron chi connectivity index (χ0n) is 14.0. The number of hydrazine groups is 1. The Hall–Kier alpha value is -1.44. The molecule has 6 nitrogen and oxygen atoms in total. The summed E-state index contributed by atoms with van der Waals surface area (Å²) in [6.45, 7) is 4.90. The van der Waals surface area contributed by atoms with Crippen molar-refractivity contribution in [3.8, 4) is 0 Å². The molecular formula is C18H25N3O3. The average molecular weight is 331 g/mol. The van der Waals surface area contributed by atoms with Gasteiger partial charge >= 0.3 is 0 Å². The van der Waals surface area contributed by atoms with E-state index < -0.39 is 0 Å². The van der Waals surface area contributed by atoms with Gasteiger partial charge in [-0.25, -0.2) is 5.43 Å². The van der Waals surface area contributed by atoms with E-state index in [4.69, 9.17) is 13.9 Å². The minimum atomic E-state index is 0.177. The number of likely N-dealkylation sites (N-methyl/N-ethyl adjacent to an activating group) is 1. The van der Waals surface area contributed by atoms with Gasteiger partial charge in [-0.1, -0.05) is 18.2 Å². The first-order valence-corrected chi connectivity index (χ1v) is 8.64. The summed E-state index contributed by atoms with van der Waals surface area (Å²) in [4.78, 5) is 2.33. The molecule has 2 fully saturated rings. The summed E-state index contributed by atoms with van der Waals surface area (Å²) in [6.07, 6.45) is 0.177. The number of hydrogen-bond acceptors (Lipinski definition) is 6. The molecule has 130 valence electrons. The predicted octanol–water partition coefficient (Wildman–Crippen LogP) is 1.55. The van der Waals surface area contributed by atoms with Crippen molar-refractivity contribution in [1.82, 2.24) is 15.8 Å². The van der Waals surface area contributed by atoms with Gasteiger partial charge in [-0.2, -0.15) is 0 Å². The average Bonchev–Trinajstić information content (AvgIpc) is 3.21. The highest BCUT2D eigenvalue weighted by molar-refractivity contribution is 5.77. The summed E-state index contributed by atoms with van der Waals surface area (Å²) in [6, 6.07) is 10.5. The van der Waals surface area contributed by atoms with E-state index in [0.717, 1.165) is 36.4 Å². The van der Waals surface area contributed by atoms with E-state index >= 15 is 0 Å². The molecule has 3 atom stereocenters. The molecule has 2 aromatic rings. The number of furan rings is 1. The second-order valence-corrected chi connectivity index (χ2v) is 6.74. The topological polar surface area (TPSA) is 58.9 Å². The molecule has 1 aromatic heterocycles. The number of fused-ring (bicyclic) bond motifs is 1. The van der Waals surface area contributed by atoms with Crippen LogP contribution in [0.25, 0.3) is 11.0 Å². The van der Waals surface area contributed by atoms with Crippen molar-refractivity contribution in [1.29, 1.82) is 0 Å². The largest absolute Gasteiger partial charge is 0.459 e. The number of hydrogen-bond donors (Lipinski definition) is 2. The molecular weight excluding hydrogens is 306 g/mol. The third-order valence-electron chi connectivity index (χ3n) is 4.79. The highest BCUT2D eigenvalue weighted by atomic mass is 16.6. The number of nitrogens with one attached hydrogen (secondary N) is 2. The molecule has 1 aromatic carbocycles. The van der Waals surface area contributed by atoms with E-state index in [1.54, 1.807) is 0 Å². The maximum absolute atomic E-state index is 6.05. The first-order valence-electron chi connectivity index (χ1n) is 8.64. The number of nitrogens with zero attached hydrogens (tertiary/aromatic N) is 1. The van der Waals surface area contributed by atoms with Crippen molar-refractivity contribution in [2.45, 2.75) is 12.1 Å². The summed E-state index contributed by atoms with van der Waals surface area (Å²) < 4.78 is 17.3. The van der Waals surface area contributed by atoms with Crippen molar-refractivity contribution in [3.05, 3.63) is 36.1 Å². The number of ether oxygens (including phenoxy) is 2. The van der Waals surface area contributed by atoms with Gasteiger partial charge in [0.1, 0.15) is 11.3 Å². The van der Waals surface area contributed by atoms with E-state index in [1.807, 2.05) is 18.2 Å². The van der Waals surface area contributed by atoms with Gasteiger partial charge in [0, 0.05) is 30.9 Å². The molecule has 0 spiro atoms. The number of rotatable bonds is 5. The van der Waals surface area contributed by atoms with Crippen LogP contribution < -0.4 is 10.9 Å². The van der Waals surface area contributed by atoms with Crippen LogP contribution in [-0.4, -0.2) is 57.5 Å². The Morgan fingerprint density at radius 1 is 1.21 bits per heavy atom. The molecule has 24 heavy (non-hydrogen) atoms. The zero-order chi connectivity index (χ0) is 16.4. The minimum Gasteiger partial charge on any atom is -0.459 e. The quantitative estimate of drug-likeness (QED) is 0.867. The van der Waals surface area contributed by atoms with Crippen molar-refractivity contribution in [3.63, 3.8) is 0 Å². The van der Waals surface area contributed by atoms with Crippen LogP contribution >= 0.6 is 0 Å².